The number of nitrogens with one attached hydrogen (secondary N) is 3. The molecule has 1 aliphatic carbocycles. The van der Waals surface area contributed by atoms with Gasteiger partial charge in [0.15, 0.2) is 17.3 Å². The predicted molar refractivity (Wildman–Crippen MR) is 152 cm³/mol. The molecular weight excluding hydrogens is 573 g/mol. The Morgan fingerprint density at radius 2 is 1.98 bits per heavy atom. The van der Waals surface area contributed by atoms with E-state index in [1.165, 1.54) is 17.8 Å². The summed E-state index contributed by atoms with van der Waals surface area (Å²) < 4.78 is 43.4. The van der Waals surface area contributed by atoms with Crippen molar-refractivity contribution in [3.05, 3.63) is 58.8 Å². The number of pyridine rings is 1. The molecule has 1 unspecified atom stereocenters. The molecule has 42 heavy (non-hydrogen) atoms. The second-order valence-electron chi connectivity index (χ2n) is 11.1. The number of halogens is 3. The molecule has 1 fully saturated rings. The van der Waals surface area contributed by atoms with Crippen molar-refractivity contribution in [1.82, 2.24) is 15.0 Å². The number of fused-ring (bicyclic) bond motifs is 1. The molecule has 1 saturated carbocycles. The number of hydrogen-bond acceptors (Lipinski definition) is 11. The number of thioether (sulfide) groups is 1. The molecule has 1 aliphatic heterocycles. The van der Waals surface area contributed by atoms with Crippen LogP contribution in [-0.2, 0) is 6.54 Å². The molecule has 0 spiro atoms. The first-order chi connectivity index (χ1) is 19.7. The summed E-state index contributed by atoms with van der Waals surface area (Å²) in [5.41, 5.74) is 0.344. The van der Waals surface area contributed by atoms with E-state index < -0.39 is 41.5 Å². The molecule has 10 nitrogen and oxygen atoms in total. The second kappa shape index (κ2) is 11.4. The molecule has 226 valence electrons. The van der Waals surface area contributed by atoms with Crippen molar-refractivity contribution in [2.24, 2.45) is 5.92 Å². The molecule has 3 heterocycles. The van der Waals surface area contributed by atoms with Gasteiger partial charge in [0.05, 0.1) is 22.7 Å². The molecule has 2 aliphatic rings. The molecule has 0 amide bonds. The fraction of sp³-hybridized carbons (Fsp3) is 0.464. The first-order valence-electron chi connectivity index (χ1n) is 13.4. The van der Waals surface area contributed by atoms with Crippen LogP contribution in [0, 0.1) is 25.6 Å². The van der Waals surface area contributed by atoms with Gasteiger partial charge in [0.2, 0.25) is 5.95 Å². The molecule has 2 aromatic heterocycles. The van der Waals surface area contributed by atoms with Crippen molar-refractivity contribution in [2.75, 3.05) is 16.0 Å². The number of alkyl halides is 2. The van der Waals surface area contributed by atoms with Crippen LogP contribution in [0.25, 0.3) is 0 Å². The van der Waals surface area contributed by atoms with Crippen LogP contribution in [0.4, 0.5) is 30.6 Å². The van der Waals surface area contributed by atoms with Crippen molar-refractivity contribution in [2.45, 2.75) is 81.4 Å². The highest BCUT2D eigenvalue weighted by atomic mass is 32.2. The first kappa shape index (κ1) is 30.1. The SMILES string of the molecule is Cc1nccc2c1NC(c1c(C)nc(NCc3ccc(OC(F)F)c(F)c3)nc1N[C@@]1(O)CC[C@H](C(C)(C)O)[C@H]1O)S2. The Morgan fingerprint density at radius 3 is 2.62 bits per heavy atom. The van der Waals surface area contributed by atoms with Gasteiger partial charge in [-0.25, -0.2) is 9.37 Å². The highest BCUT2D eigenvalue weighted by molar-refractivity contribution is 8.00. The summed E-state index contributed by atoms with van der Waals surface area (Å²) in [7, 11) is 0. The Balaban J connectivity index is 1.45. The molecule has 3 aromatic rings. The van der Waals surface area contributed by atoms with E-state index in [1.807, 2.05) is 13.0 Å². The summed E-state index contributed by atoms with van der Waals surface area (Å²) in [5, 5.41) is 42.4. The van der Waals surface area contributed by atoms with Crippen molar-refractivity contribution in [3.8, 4) is 5.75 Å². The predicted octanol–water partition coefficient (Wildman–Crippen LogP) is 4.70. The van der Waals surface area contributed by atoms with E-state index in [-0.39, 0.29) is 30.1 Å². The van der Waals surface area contributed by atoms with Crippen LogP contribution >= 0.6 is 11.8 Å². The van der Waals surface area contributed by atoms with Gasteiger partial charge in [0.25, 0.3) is 0 Å². The van der Waals surface area contributed by atoms with E-state index in [0.717, 1.165) is 28.4 Å². The third kappa shape index (κ3) is 6.07. The summed E-state index contributed by atoms with van der Waals surface area (Å²) in [4.78, 5) is 14.6. The molecule has 6 N–H and O–H groups in total. The summed E-state index contributed by atoms with van der Waals surface area (Å²) in [6.45, 7) is 3.79. The van der Waals surface area contributed by atoms with Crippen LogP contribution in [0.15, 0.2) is 35.4 Å². The van der Waals surface area contributed by atoms with Gasteiger partial charge in [-0.05, 0) is 64.3 Å². The minimum Gasteiger partial charge on any atom is -0.432 e. The standard InChI is InChI=1S/C28H33F3N6O4S/c1-13-20(24-35-21-14(2)32-10-8-19(21)42-24)23(37-28(40)9-7-16(22(28)38)27(3,4)39)36-26(34-13)33-12-15-5-6-18(17(29)11-15)41-25(30)31/h5-6,8,10-11,16,22,24-25,35,38-40H,7,9,12H2,1-4H3,(H2,33,34,36,37)/t16-,22+,24?,28+/m0/s1. The van der Waals surface area contributed by atoms with Crippen LogP contribution in [0.5, 0.6) is 5.75 Å². The number of ether oxygens (including phenoxy) is 1. The Hall–Kier alpha value is -3.33. The summed E-state index contributed by atoms with van der Waals surface area (Å²) in [6, 6.07) is 5.54. The lowest BCUT2D eigenvalue weighted by Gasteiger charge is -2.35. The van der Waals surface area contributed by atoms with Crippen LogP contribution in [0.2, 0.25) is 0 Å². The van der Waals surface area contributed by atoms with E-state index in [2.05, 4.69) is 35.6 Å². The number of benzene rings is 1. The number of nitrogens with zero attached hydrogens (tertiary/aromatic N) is 3. The zero-order chi connectivity index (χ0) is 30.4. The number of aromatic nitrogens is 3. The minimum absolute atomic E-state index is 0.0600. The fourth-order valence-electron chi connectivity index (χ4n) is 5.43. The van der Waals surface area contributed by atoms with E-state index in [0.29, 0.717) is 23.2 Å². The lowest BCUT2D eigenvalue weighted by atomic mass is 9.87. The van der Waals surface area contributed by atoms with Gasteiger partial charge in [-0.2, -0.15) is 13.8 Å². The van der Waals surface area contributed by atoms with Gasteiger partial charge in [-0.3, -0.25) is 4.98 Å². The maximum atomic E-state index is 14.2. The molecule has 14 heteroatoms. The number of hydrogen-bond donors (Lipinski definition) is 6. The summed E-state index contributed by atoms with van der Waals surface area (Å²) >= 11 is 1.53. The molecule has 4 atom stereocenters. The van der Waals surface area contributed by atoms with Crippen molar-refractivity contribution < 1.29 is 33.2 Å². The van der Waals surface area contributed by atoms with Gasteiger partial charge < -0.3 is 36.0 Å². The molecule has 0 radical (unpaired) electrons. The topological polar surface area (TPSA) is 145 Å². The second-order valence-corrected chi connectivity index (χ2v) is 12.2. The smallest absolute Gasteiger partial charge is 0.387 e. The Morgan fingerprint density at radius 1 is 1.21 bits per heavy atom. The Kier molecular flexibility index (Phi) is 8.18. The molecule has 1 aromatic carbocycles. The molecule has 5 rings (SSSR count). The number of aliphatic hydroxyl groups is 3. The van der Waals surface area contributed by atoms with Crippen molar-refractivity contribution in [3.63, 3.8) is 0 Å². The zero-order valence-corrected chi connectivity index (χ0v) is 24.3. The third-order valence-electron chi connectivity index (χ3n) is 7.63. The van der Waals surface area contributed by atoms with Gasteiger partial charge in [0.1, 0.15) is 17.3 Å². The van der Waals surface area contributed by atoms with E-state index >= 15 is 0 Å². The number of rotatable bonds is 9. The van der Waals surface area contributed by atoms with Crippen LogP contribution in [-0.4, -0.2) is 54.3 Å². The van der Waals surface area contributed by atoms with Crippen LogP contribution in [0.3, 0.4) is 0 Å². The maximum absolute atomic E-state index is 14.2. The van der Waals surface area contributed by atoms with Gasteiger partial charge in [-0.1, -0.05) is 17.8 Å². The largest absolute Gasteiger partial charge is 0.432 e. The monoisotopic (exact) mass is 606 g/mol. The van der Waals surface area contributed by atoms with E-state index in [4.69, 9.17) is 0 Å². The highest BCUT2D eigenvalue weighted by Crippen LogP contribution is 2.50. The van der Waals surface area contributed by atoms with Gasteiger partial charge in [-0.15, -0.1) is 0 Å². The first-order valence-corrected chi connectivity index (χ1v) is 14.3. The average molecular weight is 607 g/mol. The van der Waals surface area contributed by atoms with Crippen molar-refractivity contribution in [1.29, 1.82) is 0 Å². The summed E-state index contributed by atoms with van der Waals surface area (Å²) in [6.07, 6.45) is 0.975. The highest BCUT2D eigenvalue weighted by Gasteiger charge is 2.52. The molecular formula is C28H33F3N6O4S. The Labute approximate surface area is 245 Å². The van der Waals surface area contributed by atoms with Gasteiger partial charge in [0, 0.05) is 29.1 Å². The van der Waals surface area contributed by atoms with E-state index in [9.17, 15) is 28.5 Å². The number of aryl methyl sites for hydroxylation is 2. The van der Waals surface area contributed by atoms with Crippen LogP contribution < -0.4 is 20.7 Å². The van der Waals surface area contributed by atoms with E-state index in [1.54, 1.807) is 27.0 Å². The zero-order valence-electron chi connectivity index (χ0n) is 23.5. The molecule has 0 saturated heterocycles. The maximum Gasteiger partial charge on any atom is 0.387 e. The van der Waals surface area contributed by atoms with Crippen LogP contribution in [0.1, 0.15) is 54.6 Å². The third-order valence-corrected chi connectivity index (χ3v) is 8.82. The quantitative estimate of drug-likeness (QED) is 0.189. The summed E-state index contributed by atoms with van der Waals surface area (Å²) in [5.74, 6) is -1.66. The fourth-order valence-corrected chi connectivity index (χ4v) is 6.72. The lowest BCUT2D eigenvalue weighted by molar-refractivity contribution is -0.0926. The normalized spacial score (nSPS) is 23.5. The average Bonchev–Trinajstić information content (AvgIpc) is 3.45. The minimum atomic E-state index is -3.14. The van der Waals surface area contributed by atoms with Crippen molar-refractivity contribution >= 4 is 29.2 Å². The molecule has 0 bridgehead atoms. The Bertz CT molecular complexity index is 1480. The van der Waals surface area contributed by atoms with Gasteiger partial charge >= 0.3 is 6.61 Å². The lowest BCUT2D eigenvalue weighted by Crippen LogP contribution is -2.51. The number of aliphatic hydroxyl groups excluding tert-OH is 1. The number of anilines is 3.